The van der Waals surface area contributed by atoms with E-state index in [0.717, 1.165) is 68.1 Å². The number of amides is 1. The van der Waals surface area contributed by atoms with Gasteiger partial charge in [-0.05, 0) is 97.2 Å². The van der Waals surface area contributed by atoms with Gasteiger partial charge in [-0.25, -0.2) is 0 Å². The largest absolute Gasteiger partial charge is 0.398 e. The number of carbonyl (C=O) groups excluding carboxylic acids is 1. The van der Waals surface area contributed by atoms with Crippen molar-refractivity contribution < 1.29 is 4.79 Å². The maximum atomic E-state index is 12.9. The van der Waals surface area contributed by atoms with Crippen molar-refractivity contribution in [3.63, 3.8) is 0 Å². The summed E-state index contributed by atoms with van der Waals surface area (Å²) in [6.07, 6.45) is 6.63. The smallest absolute Gasteiger partial charge is 0.253 e. The van der Waals surface area contributed by atoms with Crippen molar-refractivity contribution in [1.29, 1.82) is 5.26 Å². The van der Waals surface area contributed by atoms with Crippen molar-refractivity contribution in [3.05, 3.63) is 76.9 Å². The highest BCUT2D eigenvalue weighted by molar-refractivity contribution is 6.04. The fourth-order valence-corrected chi connectivity index (χ4v) is 5.55. The average molecular weight is 489 g/mol. The molecule has 1 amide bonds. The maximum absolute atomic E-state index is 12.9. The molecule has 35 heavy (non-hydrogen) atoms. The zero-order chi connectivity index (χ0) is 23.5. The summed E-state index contributed by atoms with van der Waals surface area (Å²) >= 11 is 0. The number of hydrogen-bond donors (Lipinski definition) is 2. The van der Waals surface area contributed by atoms with Crippen molar-refractivity contribution in [2.45, 2.75) is 51.1 Å². The molecule has 1 aliphatic heterocycles. The Morgan fingerprint density at radius 1 is 1.03 bits per heavy atom. The Hall–Kier alpha value is -3.07. The minimum Gasteiger partial charge on any atom is -0.398 e. The standard InChI is InChI=1S/C29H32N4O.ClH/c30-18-21-5-8-22-12-14-33(19-25(22)15-21)13-11-20-6-9-26(10-7-20)32-29(34)27-16-23-3-1-2-4-24(23)17-28(27)31;/h1-5,8,15-17,20,26H,6-7,9-14,19,31H2,(H,32,34);1H. The van der Waals surface area contributed by atoms with E-state index < -0.39 is 0 Å². The average Bonchev–Trinajstić information content (AvgIpc) is 2.87. The Balaban J connectivity index is 0.00000289. The van der Waals surface area contributed by atoms with Gasteiger partial charge < -0.3 is 11.1 Å². The van der Waals surface area contributed by atoms with Gasteiger partial charge in [0.2, 0.25) is 0 Å². The minimum absolute atomic E-state index is 0. The van der Waals surface area contributed by atoms with Gasteiger partial charge in [-0.1, -0.05) is 30.3 Å². The molecule has 2 aliphatic rings. The van der Waals surface area contributed by atoms with E-state index >= 15 is 0 Å². The zero-order valence-corrected chi connectivity index (χ0v) is 20.8. The molecule has 182 valence electrons. The van der Waals surface area contributed by atoms with E-state index in [4.69, 9.17) is 5.73 Å². The first-order chi connectivity index (χ1) is 16.6. The molecule has 1 heterocycles. The normalized spacial score (nSPS) is 19.9. The van der Waals surface area contributed by atoms with Gasteiger partial charge in [-0.3, -0.25) is 9.69 Å². The van der Waals surface area contributed by atoms with Crippen LogP contribution in [-0.4, -0.2) is 29.9 Å². The van der Waals surface area contributed by atoms with Crippen LogP contribution in [0.4, 0.5) is 5.69 Å². The molecule has 0 saturated heterocycles. The fourth-order valence-electron chi connectivity index (χ4n) is 5.55. The van der Waals surface area contributed by atoms with Gasteiger partial charge in [0.25, 0.3) is 5.91 Å². The Morgan fingerprint density at radius 2 is 1.77 bits per heavy atom. The third-order valence-corrected chi connectivity index (χ3v) is 7.62. The summed E-state index contributed by atoms with van der Waals surface area (Å²) < 4.78 is 0. The summed E-state index contributed by atoms with van der Waals surface area (Å²) in [7, 11) is 0. The van der Waals surface area contributed by atoms with Crippen molar-refractivity contribution in [2.24, 2.45) is 5.92 Å². The molecule has 3 aromatic rings. The van der Waals surface area contributed by atoms with Gasteiger partial charge in [0.05, 0.1) is 17.2 Å². The lowest BCUT2D eigenvalue weighted by atomic mass is 9.83. The summed E-state index contributed by atoms with van der Waals surface area (Å²) in [5, 5.41) is 14.5. The Bertz CT molecular complexity index is 1240. The van der Waals surface area contributed by atoms with Crippen LogP contribution in [0.15, 0.2) is 54.6 Å². The van der Waals surface area contributed by atoms with Gasteiger partial charge in [-0.15, -0.1) is 12.4 Å². The number of hydrogen-bond acceptors (Lipinski definition) is 4. The molecule has 5 rings (SSSR count). The molecule has 0 aromatic heterocycles. The molecule has 0 bridgehead atoms. The number of anilines is 1. The van der Waals surface area contributed by atoms with E-state index in [2.05, 4.69) is 28.4 Å². The lowest BCUT2D eigenvalue weighted by molar-refractivity contribution is 0.0920. The predicted octanol–water partition coefficient (Wildman–Crippen LogP) is 5.45. The number of nitrogen functional groups attached to an aromatic ring is 1. The highest BCUT2D eigenvalue weighted by Crippen LogP contribution is 2.29. The number of fused-ring (bicyclic) bond motifs is 2. The van der Waals surface area contributed by atoms with Crippen LogP contribution in [0.25, 0.3) is 10.8 Å². The molecule has 0 radical (unpaired) electrons. The third kappa shape index (κ3) is 5.78. The summed E-state index contributed by atoms with van der Waals surface area (Å²) in [4.78, 5) is 15.4. The van der Waals surface area contributed by atoms with Crippen LogP contribution in [0.1, 0.15) is 59.2 Å². The number of halogens is 1. The van der Waals surface area contributed by atoms with Crippen LogP contribution in [0.3, 0.4) is 0 Å². The van der Waals surface area contributed by atoms with Crippen molar-refractivity contribution in [1.82, 2.24) is 10.2 Å². The highest BCUT2D eigenvalue weighted by Gasteiger charge is 2.25. The van der Waals surface area contributed by atoms with Gasteiger partial charge >= 0.3 is 0 Å². The van der Waals surface area contributed by atoms with E-state index in [1.807, 2.05) is 42.5 Å². The van der Waals surface area contributed by atoms with Crippen LogP contribution in [-0.2, 0) is 13.0 Å². The summed E-state index contributed by atoms with van der Waals surface area (Å²) in [6, 6.07) is 20.4. The minimum atomic E-state index is -0.0598. The van der Waals surface area contributed by atoms with Gasteiger partial charge in [0.15, 0.2) is 0 Å². The topological polar surface area (TPSA) is 82.2 Å². The summed E-state index contributed by atoms with van der Waals surface area (Å²) in [6.45, 7) is 3.15. The summed E-state index contributed by atoms with van der Waals surface area (Å²) in [5.41, 5.74) is 10.8. The van der Waals surface area contributed by atoms with Gasteiger partial charge in [0.1, 0.15) is 0 Å². The monoisotopic (exact) mass is 488 g/mol. The number of nitriles is 1. The molecule has 0 unspecified atom stereocenters. The molecule has 3 N–H and O–H groups in total. The molecule has 3 aromatic carbocycles. The SMILES string of the molecule is Cl.N#Cc1ccc2c(c1)CN(CCC1CCC(NC(=O)c3cc4ccccc4cc3N)CC1)CC2. The maximum Gasteiger partial charge on any atom is 0.253 e. The number of carbonyl (C=O) groups is 1. The molecule has 1 fully saturated rings. The van der Waals surface area contributed by atoms with E-state index in [9.17, 15) is 10.1 Å². The second-order valence-electron chi connectivity index (χ2n) is 9.89. The van der Waals surface area contributed by atoms with Crippen LogP contribution < -0.4 is 11.1 Å². The third-order valence-electron chi connectivity index (χ3n) is 7.62. The molecule has 1 aliphatic carbocycles. The lowest BCUT2D eigenvalue weighted by Crippen LogP contribution is -2.38. The van der Waals surface area contributed by atoms with E-state index in [-0.39, 0.29) is 24.4 Å². The van der Waals surface area contributed by atoms with E-state index in [1.54, 1.807) is 0 Å². The molecule has 5 nitrogen and oxygen atoms in total. The van der Waals surface area contributed by atoms with Crippen molar-refractivity contribution in [3.8, 4) is 6.07 Å². The van der Waals surface area contributed by atoms with Crippen molar-refractivity contribution in [2.75, 3.05) is 18.8 Å². The van der Waals surface area contributed by atoms with E-state index in [0.29, 0.717) is 17.2 Å². The molecule has 0 atom stereocenters. The predicted molar refractivity (Wildman–Crippen MR) is 144 cm³/mol. The number of nitrogens with two attached hydrogens (primary N) is 1. The highest BCUT2D eigenvalue weighted by atomic mass is 35.5. The Morgan fingerprint density at radius 3 is 2.51 bits per heavy atom. The van der Waals surface area contributed by atoms with Crippen LogP contribution in [0.5, 0.6) is 0 Å². The number of rotatable bonds is 5. The molecule has 0 spiro atoms. The second-order valence-corrected chi connectivity index (χ2v) is 9.89. The van der Waals surface area contributed by atoms with Crippen molar-refractivity contribution >= 4 is 34.8 Å². The molecule has 1 saturated carbocycles. The van der Waals surface area contributed by atoms with Crippen LogP contribution >= 0.6 is 12.4 Å². The van der Waals surface area contributed by atoms with E-state index in [1.165, 1.54) is 17.5 Å². The Labute approximate surface area is 213 Å². The first-order valence-corrected chi connectivity index (χ1v) is 12.4. The van der Waals surface area contributed by atoms with Gasteiger partial charge in [-0.2, -0.15) is 5.26 Å². The zero-order valence-electron chi connectivity index (χ0n) is 20.0. The first-order valence-electron chi connectivity index (χ1n) is 12.4. The van der Waals surface area contributed by atoms with Crippen LogP contribution in [0, 0.1) is 17.2 Å². The summed E-state index contributed by atoms with van der Waals surface area (Å²) in [5.74, 6) is 0.654. The first kappa shape index (κ1) is 25.0. The van der Waals surface area contributed by atoms with Gasteiger partial charge in [0, 0.05) is 24.8 Å². The second kappa shape index (κ2) is 11.1. The lowest BCUT2D eigenvalue weighted by Gasteiger charge is -2.33. The number of nitrogens with zero attached hydrogens (tertiary/aromatic N) is 2. The number of nitrogens with one attached hydrogen (secondary N) is 1. The quantitative estimate of drug-likeness (QED) is 0.467. The molecule has 6 heteroatoms. The molecular formula is C29H33ClN4O. The Kier molecular flexibility index (Phi) is 7.95. The fraction of sp³-hybridized carbons (Fsp3) is 0.379. The number of benzene rings is 3. The van der Waals surface area contributed by atoms with Crippen LogP contribution in [0.2, 0.25) is 0 Å². The molecular weight excluding hydrogens is 456 g/mol.